The summed E-state index contributed by atoms with van der Waals surface area (Å²) in [5, 5.41) is 6.23. The van der Waals surface area contributed by atoms with E-state index >= 15 is 0 Å². The van der Waals surface area contributed by atoms with Gasteiger partial charge in [-0.2, -0.15) is 0 Å². The first-order valence-corrected chi connectivity index (χ1v) is 11.7. The fourth-order valence-corrected chi connectivity index (χ4v) is 3.69. The summed E-state index contributed by atoms with van der Waals surface area (Å²) in [5.74, 6) is 0.776. The lowest BCUT2D eigenvalue weighted by Crippen LogP contribution is -2.43. The van der Waals surface area contributed by atoms with Gasteiger partial charge in [0.05, 0.1) is 0 Å². The van der Waals surface area contributed by atoms with Crippen molar-refractivity contribution < 1.29 is 23.9 Å². The number of hydrogen-bond acceptors (Lipinski definition) is 5. The molecular weight excluding hydrogens is 446 g/mol. The lowest BCUT2D eigenvalue weighted by atomic mass is 9.96. The number of ether oxygens (including phenoxy) is 2. The normalized spacial score (nSPS) is 14.5. The predicted molar refractivity (Wildman–Crippen MR) is 128 cm³/mol. The van der Waals surface area contributed by atoms with E-state index in [1.807, 2.05) is 30.9 Å². The van der Waals surface area contributed by atoms with Gasteiger partial charge in [-0.15, -0.1) is 0 Å². The number of alkyl carbamates (subject to hydrolysis) is 1. The molecule has 33 heavy (non-hydrogen) atoms. The summed E-state index contributed by atoms with van der Waals surface area (Å²) in [6.45, 7) is 11.2. The van der Waals surface area contributed by atoms with Crippen LogP contribution in [-0.2, 0) is 14.3 Å². The van der Waals surface area contributed by atoms with Crippen molar-refractivity contribution >= 4 is 29.5 Å². The Balaban J connectivity index is 1.62. The minimum atomic E-state index is -0.564. The summed E-state index contributed by atoms with van der Waals surface area (Å²) < 4.78 is 10.8. The molecule has 0 radical (unpaired) electrons. The number of likely N-dealkylation sites (tertiary alicyclic amines) is 1. The molecule has 9 heteroatoms. The van der Waals surface area contributed by atoms with E-state index in [-0.39, 0.29) is 31.4 Å². The molecule has 2 N–H and O–H groups in total. The van der Waals surface area contributed by atoms with Gasteiger partial charge in [0.1, 0.15) is 11.4 Å². The molecular formula is C24H36ClN3O5. The summed E-state index contributed by atoms with van der Waals surface area (Å²) >= 11 is 6.16. The molecule has 1 aliphatic heterocycles. The van der Waals surface area contributed by atoms with E-state index in [2.05, 4.69) is 10.6 Å². The molecule has 3 amide bonds. The molecule has 1 aromatic carbocycles. The van der Waals surface area contributed by atoms with Crippen molar-refractivity contribution in [2.75, 3.05) is 32.8 Å². The highest BCUT2D eigenvalue weighted by Gasteiger charge is 2.23. The van der Waals surface area contributed by atoms with Crippen LogP contribution in [0.1, 0.15) is 51.2 Å². The highest BCUT2D eigenvalue weighted by Crippen LogP contribution is 2.25. The van der Waals surface area contributed by atoms with Gasteiger partial charge in [-0.3, -0.25) is 9.59 Å². The van der Waals surface area contributed by atoms with Gasteiger partial charge >= 0.3 is 6.09 Å². The molecule has 0 bridgehead atoms. The number of benzene rings is 1. The Morgan fingerprint density at radius 1 is 1.09 bits per heavy atom. The molecule has 8 nitrogen and oxygen atoms in total. The molecule has 0 aromatic heterocycles. The number of aryl methyl sites for hydroxylation is 2. The standard InChI is InChI=1S/C24H36ClN3O5/c1-16-12-19(13-17(2)22(16)25)32-15-20(29)27-14-18-7-10-28(11-8-18)21(30)6-9-26-23(31)33-24(3,4)5/h12-13,18H,6-11,14-15H2,1-5H3,(H,26,31)(H,27,29). The molecule has 2 rings (SSSR count). The van der Waals surface area contributed by atoms with Crippen LogP contribution in [0.3, 0.4) is 0 Å². The predicted octanol–water partition coefficient (Wildman–Crippen LogP) is 3.61. The second-order valence-electron chi connectivity index (χ2n) is 9.47. The molecule has 0 atom stereocenters. The van der Waals surface area contributed by atoms with Crippen LogP contribution in [0.15, 0.2) is 12.1 Å². The first kappa shape index (κ1) is 26.8. The molecule has 0 saturated carbocycles. The molecule has 184 valence electrons. The van der Waals surface area contributed by atoms with Crippen molar-refractivity contribution in [2.24, 2.45) is 5.92 Å². The van der Waals surface area contributed by atoms with Crippen molar-refractivity contribution in [3.05, 3.63) is 28.3 Å². The smallest absolute Gasteiger partial charge is 0.407 e. The van der Waals surface area contributed by atoms with Crippen LogP contribution in [0.5, 0.6) is 5.75 Å². The van der Waals surface area contributed by atoms with Gasteiger partial charge in [-0.05, 0) is 76.6 Å². The third-order valence-corrected chi connectivity index (χ3v) is 5.94. The zero-order valence-electron chi connectivity index (χ0n) is 20.3. The molecule has 0 spiro atoms. The Kier molecular flexibility index (Phi) is 9.83. The highest BCUT2D eigenvalue weighted by atomic mass is 35.5. The van der Waals surface area contributed by atoms with Gasteiger partial charge in [0.15, 0.2) is 6.61 Å². The maximum Gasteiger partial charge on any atom is 0.407 e. The number of nitrogens with one attached hydrogen (secondary N) is 2. The van der Waals surface area contributed by atoms with Crippen molar-refractivity contribution in [1.82, 2.24) is 15.5 Å². The molecule has 1 aliphatic rings. The number of hydrogen-bond donors (Lipinski definition) is 2. The topological polar surface area (TPSA) is 97.0 Å². The average Bonchev–Trinajstić information content (AvgIpc) is 2.73. The zero-order valence-corrected chi connectivity index (χ0v) is 21.0. The number of piperidine rings is 1. The van der Waals surface area contributed by atoms with Crippen molar-refractivity contribution in [2.45, 2.75) is 59.5 Å². The number of amides is 3. The Morgan fingerprint density at radius 3 is 2.27 bits per heavy atom. The fourth-order valence-electron chi connectivity index (χ4n) is 3.58. The van der Waals surface area contributed by atoms with Gasteiger partial charge in [-0.25, -0.2) is 4.79 Å². The lowest BCUT2D eigenvalue weighted by Gasteiger charge is -2.32. The van der Waals surface area contributed by atoms with E-state index in [0.717, 1.165) is 24.0 Å². The van der Waals surface area contributed by atoms with Crippen molar-refractivity contribution in [3.8, 4) is 5.75 Å². The Bertz CT molecular complexity index is 822. The van der Waals surface area contributed by atoms with Gasteiger partial charge in [0, 0.05) is 37.6 Å². The van der Waals surface area contributed by atoms with Crippen LogP contribution in [-0.4, -0.2) is 61.2 Å². The summed E-state index contributed by atoms with van der Waals surface area (Å²) in [5.41, 5.74) is 1.26. The van der Waals surface area contributed by atoms with Gasteiger partial charge < -0.3 is 25.0 Å². The van der Waals surface area contributed by atoms with Gasteiger partial charge in [-0.1, -0.05) is 11.6 Å². The first-order valence-electron chi connectivity index (χ1n) is 11.4. The molecule has 1 fully saturated rings. The number of rotatable bonds is 8. The summed E-state index contributed by atoms with van der Waals surface area (Å²) in [6, 6.07) is 3.64. The molecule has 0 aliphatic carbocycles. The van der Waals surface area contributed by atoms with E-state index in [1.54, 1.807) is 20.8 Å². The fraction of sp³-hybridized carbons (Fsp3) is 0.625. The Morgan fingerprint density at radius 2 is 1.70 bits per heavy atom. The lowest BCUT2D eigenvalue weighted by molar-refractivity contribution is -0.132. The van der Waals surface area contributed by atoms with E-state index in [0.29, 0.717) is 36.3 Å². The van der Waals surface area contributed by atoms with Crippen LogP contribution in [0.2, 0.25) is 5.02 Å². The maximum absolute atomic E-state index is 12.4. The van der Waals surface area contributed by atoms with E-state index in [9.17, 15) is 14.4 Å². The Hall–Kier alpha value is -2.48. The largest absolute Gasteiger partial charge is 0.484 e. The molecule has 1 saturated heterocycles. The van der Waals surface area contributed by atoms with Crippen molar-refractivity contribution in [3.63, 3.8) is 0 Å². The number of carbonyl (C=O) groups excluding carboxylic acids is 3. The third-order valence-electron chi connectivity index (χ3n) is 5.34. The minimum absolute atomic E-state index is 0.00972. The van der Waals surface area contributed by atoms with Gasteiger partial charge in [0.2, 0.25) is 5.91 Å². The zero-order chi connectivity index (χ0) is 24.6. The number of halogens is 1. The second-order valence-corrected chi connectivity index (χ2v) is 9.84. The van der Waals surface area contributed by atoms with Crippen LogP contribution < -0.4 is 15.4 Å². The number of carbonyl (C=O) groups is 3. The van der Waals surface area contributed by atoms with Crippen LogP contribution >= 0.6 is 11.6 Å². The van der Waals surface area contributed by atoms with Crippen LogP contribution in [0.25, 0.3) is 0 Å². The summed E-state index contributed by atoms with van der Waals surface area (Å²) in [4.78, 5) is 38.0. The van der Waals surface area contributed by atoms with E-state index in [4.69, 9.17) is 21.1 Å². The van der Waals surface area contributed by atoms with E-state index < -0.39 is 11.7 Å². The Labute approximate surface area is 201 Å². The van der Waals surface area contributed by atoms with Crippen molar-refractivity contribution in [1.29, 1.82) is 0 Å². The van der Waals surface area contributed by atoms with Crippen LogP contribution in [0, 0.1) is 19.8 Å². The van der Waals surface area contributed by atoms with Gasteiger partial charge in [0.25, 0.3) is 5.91 Å². The number of nitrogens with zero attached hydrogens (tertiary/aromatic N) is 1. The monoisotopic (exact) mass is 481 g/mol. The third kappa shape index (κ3) is 9.50. The van der Waals surface area contributed by atoms with E-state index in [1.165, 1.54) is 0 Å². The minimum Gasteiger partial charge on any atom is -0.484 e. The van der Waals surface area contributed by atoms with Crippen LogP contribution in [0.4, 0.5) is 4.79 Å². The molecule has 1 aromatic rings. The summed E-state index contributed by atoms with van der Waals surface area (Å²) in [6.07, 6.45) is 1.36. The quantitative estimate of drug-likeness (QED) is 0.591. The maximum atomic E-state index is 12.4. The second kappa shape index (κ2) is 12.1. The first-order chi connectivity index (χ1) is 15.4. The highest BCUT2D eigenvalue weighted by molar-refractivity contribution is 6.32. The molecule has 1 heterocycles. The SMILES string of the molecule is Cc1cc(OCC(=O)NCC2CCN(C(=O)CCNC(=O)OC(C)(C)C)CC2)cc(C)c1Cl. The summed E-state index contributed by atoms with van der Waals surface area (Å²) in [7, 11) is 0. The molecule has 0 unspecified atom stereocenters. The average molecular weight is 482 g/mol.